The van der Waals surface area contributed by atoms with Crippen molar-refractivity contribution in [1.29, 1.82) is 5.26 Å². The van der Waals surface area contributed by atoms with E-state index in [4.69, 9.17) is 5.26 Å². The molecule has 0 aliphatic heterocycles. The van der Waals surface area contributed by atoms with Crippen molar-refractivity contribution in [2.24, 2.45) is 11.8 Å². The lowest BCUT2D eigenvalue weighted by Crippen LogP contribution is -2.32. The Hall–Kier alpha value is -1.04. The number of carbonyl (C=O) groups excluding carboxylic acids is 1. The van der Waals surface area contributed by atoms with E-state index in [2.05, 4.69) is 19.2 Å². The zero-order valence-electron chi connectivity index (χ0n) is 8.92. The number of nitriles is 1. The van der Waals surface area contributed by atoms with Crippen LogP contribution in [-0.2, 0) is 4.79 Å². The van der Waals surface area contributed by atoms with Crippen molar-refractivity contribution < 1.29 is 4.79 Å². The first-order valence-electron chi connectivity index (χ1n) is 5.29. The summed E-state index contributed by atoms with van der Waals surface area (Å²) in [5.74, 6) is 1.32. The molecule has 2 atom stereocenters. The summed E-state index contributed by atoms with van der Waals surface area (Å²) in [5, 5.41) is 11.2. The van der Waals surface area contributed by atoms with Crippen molar-refractivity contribution in [1.82, 2.24) is 5.32 Å². The summed E-state index contributed by atoms with van der Waals surface area (Å²) in [6, 6.07) is 2.17. The molecule has 1 rings (SSSR count). The summed E-state index contributed by atoms with van der Waals surface area (Å²) in [7, 11) is 0. The Kier molecular flexibility index (Phi) is 3.94. The molecular formula is C11H18N2O. The van der Waals surface area contributed by atoms with Crippen LogP contribution in [0, 0.1) is 23.2 Å². The molecule has 0 heterocycles. The Morgan fingerprint density at radius 2 is 2.29 bits per heavy atom. The second-order valence-corrected chi connectivity index (χ2v) is 4.42. The molecule has 14 heavy (non-hydrogen) atoms. The molecule has 0 aromatic carbocycles. The van der Waals surface area contributed by atoms with Gasteiger partial charge in [0.05, 0.1) is 6.07 Å². The van der Waals surface area contributed by atoms with Gasteiger partial charge >= 0.3 is 0 Å². The van der Waals surface area contributed by atoms with Crippen molar-refractivity contribution in [3.8, 4) is 6.07 Å². The van der Waals surface area contributed by atoms with Crippen molar-refractivity contribution in [2.45, 2.75) is 45.6 Å². The normalized spacial score (nSPS) is 26.1. The average molecular weight is 194 g/mol. The molecule has 1 fully saturated rings. The number of hydrogen-bond acceptors (Lipinski definition) is 2. The first-order valence-corrected chi connectivity index (χ1v) is 5.29. The molecule has 1 aliphatic rings. The van der Waals surface area contributed by atoms with Crippen molar-refractivity contribution in [2.75, 3.05) is 0 Å². The van der Waals surface area contributed by atoms with E-state index in [0.717, 1.165) is 18.8 Å². The number of amides is 1. The van der Waals surface area contributed by atoms with Crippen LogP contribution in [0.5, 0.6) is 0 Å². The quantitative estimate of drug-likeness (QED) is 0.745. The van der Waals surface area contributed by atoms with Crippen LogP contribution in [-0.4, -0.2) is 11.9 Å². The SMILES string of the molecule is CC(C)C1CCC(NC(=O)CC#N)C1. The van der Waals surface area contributed by atoms with E-state index < -0.39 is 0 Å². The van der Waals surface area contributed by atoms with Gasteiger partial charge in [-0.05, 0) is 31.1 Å². The van der Waals surface area contributed by atoms with E-state index in [1.54, 1.807) is 0 Å². The fourth-order valence-corrected chi connectivity index (χ4v) is 2.10. The summed E-state index contributed by atoms with van der Waals surface area (Å²) in [5.41, 5.74) is 0. The third kappa shape index (κ3) is 3.02. The number of nitrogens with zero attached hydrogens (tertiary/aromatic N) is 1. The first kappa shape index (κ1) is 11.0. The first-order chi connectivity index (χ1) is 6.63. The Bertz CT molecular complexity index is 242. The van der Waals surface area contributed by atoms with E-state index in [1.807, 2.05) is 6.07 Å². The molecule has 1 amide bonds. The van der Waals surface area contributed by atoms with Crippen molar-refractivity contribution in [3.05, 3.63) is 0 Å². The maximum Gasteiger partial charge on any atom is 0.234 e. The summed E-state index contributed by atoms with van der Waals surface area (Å²) in [6.45, 7) is 4.45. The third-order valence-corrected chi connectivity index (χ3v) is 3.02. The Labute approximate surface area is 85.5 Å². The molecule has 78 valence electrons. The highest BCUT2D eigenvalue weighted by Crippen LogP contribution is 2.31. The molecule has 0 aromatic heterocycles. The van der Waals surface area contributed by atoms with Crippen LogP contribution in [0.2, 0.25) is 0 Å². The largest absolute Gasteiger partial charge is 0.352 e. The van der Waals surface area contributed by atoms with Gasteiger partial charge in [-0.3, -0.25) is 4.79 Å². The minimum Gasteiger partial charge on any atom is -0.352 e. The van der Waals surface area contributed by atoms with Gasteiger partial charge in [0.15, 0.2) is 0 Å². The van der Waals surface area contributed by atoms with Gasteiger partial charge in [0, 0.05) is 6.04 Å². The van der Waals surface area contributed by atoms with Gasteiger partial charge in [-0.25, -0.2) is 0 Å². The predicted octanol–water partition coefficient (Wildman–Crippen LogP) is 1.84. The lowest BCUT2D eigenvalue weighted by atomic mass is 9.94. The standard InChI is InChI=1S/C11H18N2O/c1-8(2)9-3-4-10(7-9)13-11(14)5-6-12/h8-10H,3-5,7H2,1-2H3,(H,13,14). The van der Waals surface area contributed by atoms with Crippen LogP contribution < -0.4 is 5.32 Å². The van der Waals surface area contributed by atoms with Gasteiger partial charge in [0.25, 0.3) is 0 Å². The Morgan fingerprint density at radius 1 is 1.57 bits per heavy atom. The predicted molar refractivity (Wildman–Crippen MR) is 54.3 cm³/mol. The van der Waals surface area contributed by atoms with Crippen LogP contribution in [0.1, 0.15) is 39.5 Å². The minimum atomic E-state index is -0.123. The molecule has 2 unspecified atom stereocenters. The molecule has 0 radical (unpaired) electrons. The van der Waals surface area contributed by atoms with Crippen LogP contribution in [0.3, 0.4) is 0 Å². The minimum absolute atomic E-state index is 0.0111. The van der Waals surface area contributed by atoms with Gasteiger partial charge in [-0.15, -0.1) is 0 Å². The third-order valence-electron chi connectivity index (χ3n) is 3.02. The number of hydrogen-bond donors (Lipinski definition) is 1. The average Bonchev–Trinajstić information content (AvgIpc) is 2.53. The smallest absolute Gasteiger partial charge is 0.234 e. The second-order valence-electron chi connectivity index (χ2n) is 4.42. The monoisotopic (exact) mass is 194 g/mol. The molecule has 1 aliphatic carbocycles. The maximum atomic E-state index is 11.1. The van der Waals surface area contributed by atoms with E-state index in [1.165, 1.54) is 6.42 Å². The number of carbonyl (C=O) groups is 1. The summed E-state index contributed by atoms with van der Waals surface area (Å²) >= 11 is 0. The highest BCUT2D eigenvalue weighted by atomic mass is 16.1. The van der Waals surface area contributed by atoms with E-state index in [-0.39, 0.29) is 12.3 Å². The number of rotatable bonds is 3. The maximum absolute atomic E-state index is 11.1. The van der Waals surface area contributed by atoms with Gasteiger partial charge in [0.2, 0.25) is 5.91 Å². The van der Waals surface area contributed by atoms with Crippen molar-refractivity contribution in [3.63, 3.8) is 0 Å². The molecule has 3 nitrogen and oxygen atoms in total. The van der Waals surface area contributed by atoms with E-state index in [0.29, 0.717) is 12.0 Å². The fourth-order valence-electron chi connectivity index (χ4n) is 2.10. The van der Waals surface area contributed by atoms with Gasteiger partial charge < -0.3 is 5.32 Å². The zero-order valence-corrected chi connectivity index (χ0v) is 8.92. The molecule has 1 saturated carbocycles. The molecule has 1 N–H and O–H groups in total. The van der Waals surface area contributed by atoms with Gasteiger partial charge in [-0.2, -0.15) is 5.26 Å². The summed E-state index contributed by atoms with van der Waals surface area (Å²) in [4.78, 5) is 11.1. The van der Waals surface area contributed by atoms with Gasteiger partial charge in [0.1, 0.15) is 6.42 Å². The molecule has 3 heteroatoms. The fraction of sp³-hybridized carbons (Fsp3) is 0.818. The van der Waals surface area contributed by atoms with E-state index in [9.17, 15) is 4.79 Å². The Morgan fingerprint density at radius 3 is 2.79 bits per heavy atom. The molecular weight excluding hydrogens is 176 g/mol. The zero-order chi connectivity index (χ0) is 10.6. The molecule has 0 bridgehead atoms. The highest BCUT2D eigenvalue weighted by molar-refractivity contribution is 5.78. The second kappa shape index (κ2) is 4.99. The lowest BCUT2D eigenvalue weighted by Gasteiger charge is -2.15. The van der Waals surface area contributed by atoms with Crippen LogP contribution >= 0.6 is 0 Å². The Balaban J connectivity index is 2.29. The van der Waals surface area contributed by atoms with Crippen LogP contribution in [0.25, 0.3) is 0 Å². The topological polar surface area (TPSA) is 52.9 Å². The summed E-state index contributed by atoms with van der Waals surface area (Å²) < 4.78 is 0. The molecule has 0 aromatic rings. The highest BCUT2D eigenvalue weighted by Gasteiger charge is 2.27. The van der Waals surface area contributed by atoms with Crippen molar-refractivity contribution >= 4 is 5.91 Å². The molecule has 0 spiro atoms. The van der Waals surface area contributed by atoms with Gasteiger partial charge in [-0.1, -0.05) is 13.8 Å². The van der Waals surface area contributed by atoms with Crippen LogP contribution in [0.4, 0.5) is 0 Å². The number of nitrogens with one attached hydrogen (secondary N) is 1. The summed E-state index contributed by atoms with van der Waals surface area (Å²) in [6.07, 6.45) is 3.34. The lowest BCUT2D eigenvalue weighted by molar-refractivity contribution is -0.120. The molecule has 0 saturated heterocycles. The van der Waals surface area contributed by atoms with Crippen LogP contribution in [0.15, 0.2) is 0 Å². The van der Waals surface area contributed by atoms with E-state index >= 15 is 0 Å².